The molecule has 5 heteroatoms. The predicted molar refractivity (Wildman–Crippen MR) is 135 cm³/mol. The van der Waals surface area contributed by atoms with Crippen molar-refractivity contribution in [1.29, 1.82) is 0 Å². The van der Waals surface area contributed by atoms with Gasteiger partial charge in [-0.1, -0.05) is 78.9 Å². The highest BCUT2D eigenvalue weighted by molar-refractivity contribution is 5.92. The molecule has 0 spiro atoms. The van der Waals surface area contributed by atoms with Gasteiger partial charge in [0, 0.05) is 22.2 Å². The number of aliphatic hydroxyl groups excluding tert-OH is 1. The van der Waals surface area contributed by atoms with Gasteiger partial charge in [0.15, 0.2) is 5.65 Å². The summed E-state index contributed by atoms with van der Waals surface area (Å²) in [6.07, 6.45) is 7.07. The molecule has 1 fully saturated rings. The molecule has 34 heavy (non-hydrogen) atoms. The Morgan fingerprint density at radius 2 is 1.53 bits per heavy atom. The summed E-state index contributed by atoms with van der Waals surface area (Å²) >= 11 is 0. The van der Waals surface area contributed by atoms with Gasteiger partial charge < -0.3 is 10.8 Å². The fourth-order valence-corrected chi connectivity index (χ4v) is 4.85. The molecule has 0 saturated heterocycles. The van der Waals surface area contributed by atoms with Gasteiger partial charge in [0.25, 0.3) is 0 Å². The molecule has 2 heterocycles. The quantitative estimate of drug-likeness (QED) is 0.371. The van der Waals surface area contributed by atoms with Crippen molar-refractivity contribution in [2.75, 3.05) is 0 Å². The van der Waals surface area contributed by atoms with Gasteiger partial charge in [-0.3, -0.25) is 0 Å². The van der Waals surface area contributed by atoms with Gasteiger partial charge in [-0.2, -0.15) is 5.10 Å². The zero-order chi connectivity index (χ0) is 23.1. The maximum atomic E-state index is 9.38. The van der Waals surface area contributed by atoms with Crippen LogP contribution in [0.25, 0.3) is 39.2 Å². The zero-order valence-corrected chi connectivity index (χ0v) is 18.9. The van der Waals surface area contributed by atoms with Crippen LogP contribution in [0.15, 0.2) is 91.3 Å². The highest BCUT2D eigenvalue weighted by Gasteiger charge is 2.34. The van der Waals surface area contributed by atoms with E-state index in [1.54, 1.807) is 0 Å². The summed E-state index contributed by atoms with van der Waals surface area (Å²) in [6.45, 7) is 0.0242. The van der Waals surface area contributed by atoms with Crippen LogP contribution in [0, 0.1) is 0 Å². The lowest BCUT2D eigenvalue weighted by molar-refractivity contribution is 0.253. The van der Waals surface area contributed by atoms with E-state index in [4.69, 9.17) is 15.8 Å². The molecular formula is C29H26N4O. The molecule has 1 aliphatic carbocycles. The summed E-state index contributed by atoms with van der Waals surface area (Å²) < 4.78 is 1.90. The van der Waals surface area contributed by atoms with Crippen molar-refractivity contribution < 1.29 is 5.11 Å². The largest absolute Gasteiger partial charge is 0.392 e. The smallest absolute Gasteiger partial charge is 0.162 e. The Kier molecular flexibility index (Phi) is 5.01. The van der Waals surface area contributed by atoms with Crippen molar-refractivity contribution >= 4 is 5.65 Å². The highest BCUT2D eigenvalue weighted by Crippen LogP contribution is 2.41. The van der Waals surface area contributed by atoms with E-state index in [1.165, 1.54) is 12.0 Å². The minimum absolute atomic E-state index is 0.0242. The van der Waals surface area contributed by atoms with Gasteiger partial charge >= 0.3 is 0 Å². The molecule has 0 aliphatic heterocycles. The van der Waals surface area contributed by atoms with E-state index in [0.29, 0.717) is 0 Å². The van der Waals surface area contributed by atoms with Crippen molar-refractivity contribution in [3.8, 4) is 33.5 Å². The molecule has 0 atom stereocenters. The van der Waals surface area contributed by atoms with Crippen LogP contribution >= 0.6 is 0 Å². The topological polar surface area (TPSA) is 76.4 Å². The molecule has 0 bridgehead atoms. The summed E-state index contributed by atoms with van der Waals surface area (Å²) in [7, 11) is 0. The molecule has 2 aromatic heterocycles. The van der Waals surface area contributed by atoms with E-state index in [0.717, 1.165) is 57.6 Å². The molecule has 3 N–H and O–H groups in total. The number of benzene rings is 3. The Morgan fingerprint density at radius 1 is 0.824 bits per heavy atom. The monoisotopic (exact) mass is 446 g/mol. The van der Waals surface area contributed by atoms with Crippen LogP contribution in [0.1, 0.15) is 30.4 Å². The van der Waals surface area contributed by atoms with E-state index < -0.39 is 0 Å². The molecule has 5 aromatic rings. The van der Waals surface area contributed by atoms with E-state index in [9.17, 15) is 5.11 Å². The minimum atomic E-state index is -0.185. The lowest BCUT2D eigenvalue weighted by Crippen LogP contribution is -2.43. The fraction of sp³-hybridized carbons (Fsp3) is 0.172. The third kappa shape index (κ3) is 3.41. The molecule has 1 saturated carbocycles. The standard InChI is InChI=1S/C29H26N4O/c30-29(15-4-16-29)24-13-11-23(12-14-24)27-25(21-5-2-1-3-6-21)17-32-33-26(18-31-28(27)33)22-9-7-20(19-34)8-10-22/h1-3,5-14,17-18,34H,4,15-16,19,30H2. The van der Waals surface area contributed by atoms with Gasteiger partial charge in [-0.05, 0) is 41.5 Å². The van der Waals surface area contributed by atoms with Crippen molar-refractivity contribution in [1.82, 2.24) is 14.6 Å². The second-order valence-electron chi connectivity index (χ2n) is 9.12. The van der Waals surface area contributed by atoms with Crippen LogP contribution in [0.5, 0.6) is 0 Å². The molecule has 6 rings (SSSR count). The number of aliphatic hydroxyl groups is 1. The SMILES string of the molecule is NC1(c2ccc(-c3c(-c4ccccc4)cnn4c(-c5ccc(CO)cc5)cnc34)cc2)CCC1. The molecule has 3 aromatic carbocycles. The maximum absolute atomic E-state index is 9.38. The van der Waals surface area contributed by atoms with Gasteiger partial charge in [0.2, 0.25) is 0 Å². The highest BCUT2D eigenvalue weighted by atomic mass is 16.3. The van der Waals surface area contributed by atoms with Crippen LogP contribution in [-0.4, -0.2) is 19.7 Å². The van der Waals surface area contributed by atoms with Crippen molar-refractivity contribution in [3.05, 3.63) is 102 Å². The third-order valence-electron chi connectivity index (χ3n) is 7.04. The second kappa shape index (κ2) is 8.20. The van der Waals surface area contributed by atoms with Gasteiger partial charge in [-0.25, -0.2) is 9.50 Å². The Balaban J connectivity index is 1.53. The normalized spacial score (nSPS) is 14.8. The van der Waals surface area contributed by atoms with Crippen LogP contribution in [0.4, 0.5) is 0 Å². The molecule has 1 aliphatic rings. The Bertz CT molecular complexity index is 1450. The Labute approximate surface area is 198 Å². The van der Waals surface area contributed by atoms with E-state index in [2.05, 4.69) is 36.4 Å². The fourth-order valence-electron chi connectivity index (χ4n) is 4.85. The summed E-state index contributed by atoms with van der Waals surface area (Å²) in [5, 5.41) is 14.2. The first kappa shape index (κ1) is 20.8. The Hall–Kier alpha value is -3.80. The zero-order valence-electron chi connectivity index (χ0n) is 18.9. The van der Waals surface area contributed by atoms with Crippen LogP contribution in [0.2, 0.25) is 0 Å². The molecule has 168 valence electrons. The molecule has 0 radical (unpaired) electrons. The maximum Gasteiger partial charge on any atom is 0.162 e. The van der Waals surface area contributed by atoms with Crippen molar-refractivity contribution in [3.63, 3.8) is 0 Å². The van der Waals surface area contributed by atoms with Gasteiger partial charge in [-0.15, -0.1) is 0 Å². The van der Waals surface area contributed by atoms with Crippen LogP contribution < -0.4 is 5.73 Å². The van der Waals surface area contributed by atoms with Crippen LogP contribution in [-0.2, 0) is 12.1 Å². The Morgan fingerprint density at radius 3 is 2.18 bits per heavy atom. The number of nitrogens with two attached hydrogens (primary N) is 1. The van der Waals surface area contributed by atoms with Crippen molar-refractivity contribution in [2.24, 2.45) is 5.73 Å². The van der Waals surface area contributed by atoms with Crippen LogP contribution in [0.3, 0.4) is 0 Å². The average Bonchev–Trinajstić information content (AvgIpc) is 3.31. The van der Waals surface area contributed by atoms with Gasteiger partial charge in [0.05, 0.1) is 24.7 Å². The summed E-state index contributed by atoms with van der Waals surface area (Å²) in [4.78, 5) is 4.83. The minimum Gasteiger partial charge on any atom is -0.392 e. The van der Waals surface area contributed by atoms with Gasteiger partial charge in [0.1, 0.15) is 0 Å². The summed E-state index contributed by atoms with van der Waals surface area (Å²) in [6, 6.07) is 26.8. The molecule has 0 unspecified atom stereocenters. The third-order valence-corrected chi connectivity index (χ3v) is 7.04. The van der Waals surface area contributed by atoms with E-state index in [-0.39, 0.29) is 12.1 Å². The first-order chi connectivity index (χ1) is 16.7. The first-order valence-corrected chi connectivity index (χ1v) is 11.7. The molecular weight excluding hydrogens is 420 g/mol. The van der Waals surface area contributed by atoms with E-state index >= 15 is 0 Å². The number of fused-ring (bicyclic) bond motifs is 1. The first-order valence-electron chi connectivity index (χ1n) is 11.7. The number of hydrogen-bond donors (Lipinski definition) is 2. The number of rotatable bonds is 5. The summed E-state index contributed by atoms with van der Waals surface area (Å²) in [5.74, 6) is 0. The lowest BCUT2D eigenvalue weighted by atomic mass is 9.72. The van der Waals surface area contributed by atoms with E-state index in [1.807, 2.05) is 59.4 Å². The molecule has 0 amide bonds. The number of aromatic nitrogens is 3. The second-order valence-corrected chi connectivity index (χ2v) is 9.12. The lowest BCUT2D eigenvalue weighted by Gasteiger charge is -2.38. The molecule has 5 nitrogen and oxygen atoms in total. The average molecular weight is 447 g/mol. The number of imidazole rings is 1. The number of hydrogen-bond acceptors (Lipinski definition) is 4. The number of nitrogens with zero attached hydrogens (tertiary/aromatic N) is 3. The van der Waals surface area contributed by atoms with Crippen molar-refractivity contribution in [2.45, 2.75) is 31.4 Å². The summed E-state index contributed by atoms with van der Waals surface area (Å²) in [5.41, 5.74) is 15.5. The predicted octanol–water partition coefficient (Wildman–Crippen LogP) is 5.56.